The molecule has 1 aliphatic heterocycles. The van der Waals surface area contributed by atoms with E-state index in [1.807, 2.05) is 12.3 Å². The second-order valence-electron chi connectivity index (χ2n) is 10.0. The van der Waals surface area contributed by atoms with Crippen molar-refractivity contribution in [1.29, 1.82) is 0 Å². The Hall–Kier alpha value is -4.89. The first-order chi connectivity index (χ1) is 18.8. The molecule has 0 aliphatic carbocycles. The van der Waals surface area contributed by atoms with Gasteiger partial charge >= 0.3 is 0 Å². The molecule has 0 radical (unpaired) electrons. The van der Waals surface area contributed by atoms with Crippen LogP contribution in [0.1, 0.15) is 23.5 Å². The van der Waals surface area contributed by atoms with E-state index in [-0.39, 0.29) is 5.92 Å². The molecule has 38 heavy (non-hydrogen) atoms. The fourth-order valence-electron chi connectivity index (χ4n) is 5.97. The molecule has 5 aromatic carbocycles. The molecule has 3 nitrogen and oxygen atoms in total. The Morgan fingerprint density at radius 2 is 1.29 bits per heavy atom. The van der Waals surface area contributed by atoms with Crippen LogP contribution in [0.5, 0.6) is 0 Å². The third-order valence-corrected chi connectivity index (χ3v) is 7.81. The van der Waals surface area contributed by atoms with Crippen LogP contribution in [-0.4, -0.2) is 10.3 Å². The number of hydrogen-bond donors (Lipinski definition) is 0. The van der Waals surface area contributed by atoms with Gasteiger partial charge in [0.2, 0.25) is 0 Å². The van der Waals surface area contributed by atoms with Gasteiger partial charge in [-0.25, -0.2) is 0 Å². The largest absolute Gasteiger partial charge is 0.456 e. The Balaban J connectivity index is 1.26. The SMILES string of the molecule is C1=CC(c2ccc3oc4ccc(-n5c6ccccc6c6ccccc65)cc4c3c2)CC(c2ccccc2)=N1. The van der Waals surface area contributed by atoms with Gasteiger partial charge in [0.05, 0.1) is 11.0 Å². The highest BCUT2D eigenvalue weighted by Crippen LogP contribution is 2.37. The number of furan rings is 1. The normalized spacial score (nSPS) is 15.6. The number of rotatable bonds is 3. The quantitative estimate of drug-likeness (QED) is 0.244. The van der Waals surface area contributed by atoms with E-state index < -0.39 is 0 Å². The highest BCUT2D eigenvalue weighted by Gasteiger charge is 2.19. The fourth-order valence-corrected chi connectivity index (χ4v) is 5.97. The lowest BCUT2D eigenvalue weighted by Crippen LogP contribution is -2.10. The van der Waals surface area contributed by atoms with Crippen LogP contribution < -0.4 is 0 Å². The number of para-hydroxylation sites is 2. The summed E-state index contributed by atoms with van der Waals surface area (Å²) in [7, 11) is 0. The van der Waals surface area contributed by atoms with Crippen LogP contribution in [0.25, 0.3) is 49.4 Å². The molecule has 2 aromatic heterocycles. The summed E-state index contributed by atoms with van der Waals surface area (Å²) in [6.45, 7) is 0. The van der Waals surface area contributed by atoms with Gasteiger partial charge in [-0.15, -0.1) is 0 Å². The topological polar surface area (TPSA) is 30.4 Å². The summed E-state index contributed by atoms with van der Waals surface area (Å²) in [4.78, 5) is 4.68. The monoisotopic (exact) mass is 488 g/mol. The van der Waals surface area contributed by atoms with Crippen molar-refractivity contribution in [2.24, 2.45) is 4.99 Å². The molecule has 8 rings (SSSR count). The lowest BCUT2D eigenvalue weighted by Gasteiger charge is -2.18. The van der Waals surface area contributed by atoms with E-state index in [0.717, 1.165) is 39.8 Å². The smallest absolute Gasteiger partial charge is 0.135 e. The lowest BCUT2D eigenvalue weighted by molar-refractivity contribution is 0.668. The number of aliphatic imine (C=N–C) groups is 1. The molecular formula is C35H24N2O. The van der Waals surface area contributed by atoms with Gasteiger partial charge in [-0.05, 0) is 53.6 Å². The van der Waals surface area contributed by atoms with E-state index in [0.29, 0.717) is 0 Å². The number of allylic oxidation sites excluding steroid dienone is 1. The molecule has 0 fully saturated rings. The Bertz CT molecular complexity index is 2000. The fraction of sp³-hybridized carbons (Fsp3) is 0.0571. The second-order valence-corrected chi connectivity index (χ2v) is 10.0. The van der Waals surface area contributed by atoms with Crippen LogP contribution >= 0.6 is 0 Å². The van der Waals surface area contributed by atoms with Crippen LogP contribution in [0.15, 0.2) is 137 Å². The molecule has 0 bridgehead atoms. The van der Waals surface area contributed by atoms with E-state index in [2.05, 4.69) is 125 Å². The highest BCUT2D eigenvalue weighted by atomic mass is 16.3. The standard InChI is InChI=1S/C35H24N2O/c1-2-8-23(9-3-1)31-21-25(18-19-36-31)24-14-16-34-29(20-24)30-22-26(15-17-35(30)38-34)37-32-12-6-4-10-27(32)28-11-5-7-13-33(28)37/h1-20,22,25H,21H2. The van der Waals surface area contributed by atoms with Gasteiger partial charge in [-0.3, -0.25) is 4.99 Å². The van der Waals surface area contributed by atoms with Crippen molar-refractivity contribution in [2.45, 2.75) is 12.3 Å². The van der Waals surface area contributed by atoms with Gasteiger partial charge in [0, 0.05) is 51.5 Å². The predicted molar refractivity (Wildman–Crippen MR) is 158 cm³/mol. The van der Waals surface area contributed by atoms with Crippen LogP contribution in [0.2, 0.25) is 0 Å². The van der Waals surface area contributed by atoms with E-state index in [1.54, 1.807) is 0 Å². The van der Waals surface area contributed by atoms with E-state index in [1.165, 1.54) is 32.9 Å². The van der Waals surface area contributed by atoms with Gasteiger partial charge in [0.25, 0.3) is 0 Å². The third-order valence-electron chi connectivity index (χ3n) is 7.81. The minimum Gasteiger partial charge on any atom is -0.456 e. The maximum absolute atomic E-state index is 6.28. The van der Waals surface area contributed by atoms with Crippen LogP contribution in [-0.2, 0) is 0 Å². The van der Waals surface area contributed by atoms with Gasteiger partial charge in [-0.2, -0.15) is 0 Å². The highest BCUT2D eigenvalue weighted by molar-refractivity contribution is 6.10. The van der Waals surface area contributed by atoms with Crippen LogP contribution in [0, 0.1) is 0 Å². The summed E-state index contributed by atoms with van der Waals surface area (Å²) >= 11 is 0. The maximum Gasteiger partial charge on any atom is 0.135 e. The molecule has 1 atom stereocenters. The number of nitrogens with zero attached hydrogens (tertiary/aromatic N) is 2. The predicted octanol–water partition coefficient (Wildman–Crippen LogP) is 9.17. The van der Waals surface area contributed by atoms with Crippen molar-refractivity contribution in [2.75, 3.05) is 0 Å². The minimum atomic E-state index is 0.276. The molecule has 3 heteroatoms. The third kappa shape index (κ3) is 3.25. The summed E-state index contributed by atoms with van der Waals surface area (Å²) in [6, 6.07) is 40.9. The first-order valence-corrected chi connectivity index (χ1v) is 13.1. The summed E-state index contributed by atoms with van der Waals surface area (Å²) < 4.78 is 8.64. The number of hydrogen-bond acceptors (Lipinski definition) is 2. The average Bonchev–Trinajstić information content (AvgIpc) is 3.52. The van der Waals surface area contributed by atoms with Crippen molar-refractivity contribution in [3.05, 3.63) is 139 Å². The van der Waals surface area contributed by atoms with E-state index in [9.17, 15) is 0 Å². The molecule has 0 saturated carbocycles. The Morgan fingerprint density at radius 1 is 0.632 bits per heavy atom. The zero-order chi connectivity index (χ0) is 25.1. The lowest BCUT2D eigenvalue weighted by atomic mass is 9.89. The summed E-state index contributed by atoms with van der Waals surface area (Å²) in [5.74, 6) is 0.276. The van der Waals surface area contributed by atoms with Crippen molar-refractivity contribution in [1.82, 2.24) is 4.57 Å². The van der Waals surface area contributed by atoms with Crippen molar-refractivity contribution in [3.8, 4) is 5.69 Å². The number of aromatic nitrogens is 1. The first kappa shape index (κ1) is 21.2. The molecule has 180 valence electrons. The number of benzene rings is 5. The van der Waals surface area contributed by atoms with Gasteiger partial charge in [0.1, 0.15) is 11.2 Å². The van der Waals surface area contributed by atoms with Crippen molar-refractivity contribution in [3.63, 3.8) is 0 Å². The van der Waals surface area contributed by atoms with Crippen LogP contribution in [0.4, 0.5) is 0 Å². The van der Waals surface area contributed by atoms with Gasteiger partial charge in [-0.1, -0.05) is 78.9 Å². The Kier molecular flexibility index (Phi) is 4.65. The number of fused-ring (bicyclic) bond motifs is 6. The Labute approximate surface area is 220 Å². The van der Waals surface area contributed by atoms with E-state index in [4.69, 9.17) is 4.42 Å². The molecule has 3 heterocycles. The molecular weight excluding hydrogens is 464 g/mol. The molecule has 1 unspecified atom stereocenters. The zero-order valence-corrected chi connectivity index (χ0v) is 20.7. The van der Waals surface area contributed by atoms with Gasteiger partial charge in [0.15, 0.2) is 0 Å². The van der Waals surface area contributed by atoms with Crippen molar-refractivity contribution >= 4 is 49.5 Å². The zero-order valence-electron chi connectivity index (χ0n) is 20.7. The average molecular weight is 489 g/mol. The molecule has 0 N–H and O–H groups in total. The molecule has 0 amide bonds. The van der Waals surface area contributed by atoms with Crippen LogP contribution in [0.3, 0.4) is 0 Å². The van der Waals surface area contributed by atoms with Gasteiger partial charge < -0.3 is 8.98 Å². The van der Waals surface area contributed by atoms with E-state index >= 15 is 0 Å². The summed E-state index contributed by atoms with van der Waals surface area (Å²) in [5, 5.41) is 4.82. The summed E-state index contributed by atoms with van der Waals surface area (Å²) in [6.07, 6.45) is 5.04. The molecule has 0 saturated heterocycles. The minimum absolute atomic E-state index is 0.276. The molecule has 7 aromatic rings. The Morgan fingerprint density at radius 3 is 2.05 bits per heavy atom. The molecule has 1 aliphatic rings. The first-order valence-electron chi connectivity index (χ1n) is 13.1. The second kappa shape index (κ2) is 8.32. The molecule has 0 spiro atoms. The maximum atomic E-state index is 6.28. The summed E-state index contributed by atoms with van der Waals surface area (Å²) in [5.41, 5.74) is 8.98. The van der Waals surface area contributed by atoms with Crippen molar-refractivity contribution < 1.29 is 4.42 Å².